The average Bonchev–Trinajstić information content (AvgIpc) is 2.40. The van der Waals surface area contributed by atoms with Gasteiger partial charge >= 0.3 is 5.97 Å². The molecule has 0 saturated carbocycles. The molecule has 1 atom stereocenters. The van der Waals surface area contributed by atoms with Gasteiger partial charge in [0.05, 0.1) is 4.90 Å². The highest BCUT2D eigenvalue weighted by molar-refractivity contribution is 7.89. The minimum atomic E-state index is -3.89. The topological polar surface area (TPSA) is 104 Å². The molecule has 0 heterocycles. The summed E-state index contributed by atoms with van der Waals surface area (Å²) < 4.78 is 27.0. The molecule has 1 aromatic carbocycles. The molecule has 1 rings (SSSR count). The monoisotopic (exact) mass is 315 g/mol. The maximum absolute atomic E-state index is 12.4. The van der Waals surface area contributed by atoms with Crippen molar-refractivity contribution < 1.29 is 23.4 Å². The lowest BCUT2D eigenvalue weighted by molar-refractivity contribution is -0.146. The van der Waals surface area contributed by atoms with E-state index >= 15 is 0 Å². The van der Waals surface area contributed by atoms with Crippen LogP contribution in [0.2, 0.25) is 0 Å². The maximum atomic E-state index is 12.4. The fraction of sp³-hybridized carbons (Fsp3) is 0.500. The summed E-state index contributed by atoms with van der Waals surface area (Å²) in [5, 5.41) is 17.8. The first-order valence-corrected chi connectivity index (χ1v) is 7.96. The van der Waals surface area contributed by atoms with Gasteiger partial charge in [0.25, 0.3) is 0 Å². The summed E-state index contributed by atoms with van der Waals surface area (Å²) in [7, 11) is -3.89. The lowest BCUT2D eigenvalue weighted by Crippen LogP contribution is -2.37. The van der Waals surface area contributed by atoms with Crippen molar-refractivity contribution in [2.45, 2.75) is 45.6 Å². The number of carboxylic acids is 1. The second kappa shape index (κ2) is 6.13. The van der Waals surface area contributed by atoms with Gasteiger partial charge in [-0.1, -0.05) is 0 Å². The van der Waals surface area contributed by atoms with Gasteiger partial charge in [-0.3, -0.25) is 0 Å². The zero-order chi connectivity index (χ0) is 16.5. The summed E-state index contributed by atoms with van der Waals surface area (Å²) in [6.45, 7) is 8.50. The number of hydrogen-bond donors (Lipinski definition) is 3. The lowest BCUT2D eigenvalue weighted by atomic mass is 9.95. The van der Waals surface area contributed by atoms with Gasteiger partial charge in [-0.25, -0.2) is 17.9 Å². The van der Waals surface area contributed by atoms with Crippen molar-refractivity contribution in [3.8, 4) is 0 Å². The minimum absolute atomic E-state index is 0.153. The molecule has 0 aliphatic rings. The van der Waals surface area contributed by atoms with Crippen LogP contribution in [-0.2, 0) is 14.8 Å². The molecule has 0 bridgehead atoms. The van der Waals surface area contributed by atoms with Crippen LogP contribution in [0.4, 0.5) is 0 Å². The molecular weight excluding hydrogens is 294 g/mol. The van der Waals surface area contributed by atoms with Crippen molar-refractivity contribution in [1.82, 2.24) is 4.72 Å². The van der Waals surface area contributed by atoms with Crippen molar-refractivity contribution >= 4 is 16.0 Å². The van der Waals surface area contributed by atoms with Crippen LogP contribution in [0.3, 0.4) is 0 Å². The van der Waals surface area contributed by atoms with Gasteiger partial charge in [0.15, 0.2) is 6.10 Å². The van der Waals surface area contributed by atoms with E-state index < -0.39 is 28.6 Å². The predicted octanol–water partition coefficient (Wildman–Crippen LogP) is 0.953. The number of rotatable bonds is 5. The first-order chi connectivity index (χ1) is 9.50. The van der Waals surface area contributed by atoms with E-state index in [2.05, 4.69) is 4.72 Å². The van der Waals surface area contributed by atoms with E-state index in [1.807, 2.05) is 20.8 Å². The number of aliphatic carboxylic acids is 1. The number of sulfonamides is 1. The van der Waals surface area contributed by atoms with Gasteiger partial charge in [0.1, 0.15) is 0 Å². The van der Waals surface area contributed by atoms with Crippen molar-refractivity contribution in [1.29, 1.82) is 0 Å². The number of carboxylic acid groups (broad SMARTS) is 1. The molecule has 0 aliphatic heterocycles. The Hall–Kier alpha value is -1.44. The highest BCUT2D eigenvalue weighted by Crippen LogP contribution is 2.29. The van der Waals surface area contributed by atoms with E-state index in [0.717, 1.165) is 16.7 Å². The largest absolute Gasteiger partial charge is 0.479 e. The van der Waals surface area contributed by atoms with Gasteiger partial charge in [0, 0.05) is 6.54 Å². The summed E-state index contributed by atoms with van der Waals surface area (Å²) in [5.74, 6) is -1.47. The van der Waals surface area contributed by atoms with E-state index in [-0.39, 0.29) is 4.90 Å². The number of nitrogens with one attached hydrogen (secondary N) is 1. The van der Waals surface area contributed by atoms with Crippen LogP contribution in [0.5, 0.6) is 0 Å². The second-order valence-electron chi connectivity index (χ2n) is 5.16. The van der Waals surface area contributed by atoms with E-state index in [4.69, 9.17) is 5.11 Å². The summed E-state index contributed by atoms with van der Waals surface area (Å²) >= 11 is 0. The molecule has 6 nitrogen and oxygen atoms in total. The number of carbonyl (C=O) groups is 1. The third-order valence-corrected chi connectivity index (χ3v) is 5.65. The van der Waals surface area contributed by atoms with Crippen LogP contribution >= 0.6 is 0 Å². The minimum Gasteiger partial charge on any atom is -0.479 e. The highest BCUT2D eigenvalue weighted by Gasteiger charge is 2.25. The van der Waals surface area contributed by atoms with Crippen LogP contribution in [0.25, 0.3) is 0 Å². The Morgan fingerprint density at radius 2 is 1.38 bits per heavy atom. The summed E-state index contributed by atoms with van der Waals surface area (Å²) in [6, 6.07) is 0. The fourth-order valence-corrected chi connectivity index (χ4v) is 3.85. The molecule has 0 saturated heterocycles. The Labute approximate surface area is 124 Å². The molecule has 3 N–H and O–H groups in total. The first-order valence-electron chi connectivity index (χ1n) is 6.48. The van der Waals surface area contributed by atoms with E-state index in [1.54, 1.807) is 13.8 Å². The number of hydrogen-bond acceptors (Lipinski definition) is 4. The van der Waals surface area contributed by atoms with Crippen LogP contribution in [-0.4, -0.2) is 37.2 Å². The zero-order valence-corrected chi connectivity index (χ0v) is 13.6. The number of aliphatic hydroxyl groups is 1. The Morgan fingerprint density at radius 3 is 1.76 bits per heavy atom. The standard InChI is InChI=1S/C14H21NO5S/c1-7-8(2)10(4)13(11(5)9(7)3)21(19,20)15-6-12(16)14(17)18/h12,15-16H,6H2,1-5H3,(H,17,18)/t12-/m0/s1. The van der Waals surface area contributed by atoms with Crippen molar-refractivity contribution in [2.24, 2.45) is 0 Å². The molecule has 0 spiro atoms. The molecule has 0 fully saturated rings. The number of aliphatic hydroxyl groups excluding tert-OH is 1. The molecule has 0 amide bonds. The van der Waals surface area contributed by atoms with Crippen molar-refractivity contribution in [3.05, 3.63) is 27.8 Å². The molecule has 0 aliphatic carbocycles. The van der Waals surface area contributed by atoms with E-state index in [0.29, 0.717) is 11.1 Å². The van der Waals surface area contributed by atoms with Crippen LogP contribution in [0.1, 0.15) is 27.8 Å². The zero-order valence-electron chi connectivity index (χ0n) is 12.8. The van der Waals surface area contributed by atoms with E-state index in [1.165, 1.54) is 0 Å². The van der Waals surface area contributed by atoms with Crippen molar-refractivity contribution in [2.75, 3.05) is 6.54 Å². The summed E-state index contributed by atoms with van der Waals surface area (Å²) in [4.78, 5) is 10.7. The Balaban J connectivity index is 3.30. The summed E-state index contributed by atoms with van der Waals surface area (Å²) in [6.07, 6.45) is -1.77. The quantitative estimate of drug-likeness (QED) is 0.750. The molecule has 0 unspecified atom stereocenters. The van der Waals surface area contributed by atoms with Gasteiger partial charge in [-0.15, -0.1) is 0 Å². The van der Waals surface area contributed by atoms with Gasteiger partial charge in [-0.05, 0) is 62.4 Å². The average molecular weight is 315 g/mol. The van der Waals surface area contributed by atoms with Gasteiger partial charge in [-0.2, -0.15) is 0 Å². The lowest BCUT2D eigenvalue weighted by Gasteiger charge is -2.19. The predicted molar refractivity (Wildman–Crippen MR) is 79.0 cm³/mol. The third-order valence-electron chi connectivity index (χ3n) is 3.95. The first kappa shape index (κ1) is 17.6. The van der Waals surface area contributed by atoms with E-state index in [9.17, 15) is 18.3 Å². The maximum Gasteiger partial charge on any atom is 0.333 e. The van der Waals surface area contributed by atoms with Crippen LogP contribution < -0.4 is 4.72 Å². The molecule has 7 heteroatoms. The normalized spacial score (nSPS) is 13.2. The Kier molecular flexibility index (Phi) is 5.14. The number of benzene rings is 1. The summed E-state index contributed by atoms with van der Waals surface area (Å²) in [5.41, 5.74) is 4.07. The SMILES string of the molecule is Cc1c(C)c(C)c(S(=O)(=O)NC[C@H](O)C(=O)O)c(C)c1C. The van der Waals surface area contributed by atoms with Crippen LogP contribution in [0.15, 0.2) is 4.90 Å². The van der Waals surface area contributed by atoms with Gasteiger partial charge < -0.3 is 10.2 Å². The molecule has 0 aromatic heterocycles. The smallest absolute Gasteiger partial charge is 0.333 e. The molecule has 1 aromatic rings. The van der Waals surface area contributed by atoms with Gasteiger partial charge in [0.2, 0.25) is 10.0 Å². The Bertz CT molecular complexity index is 650. The molecule has 118 valence electrons. The third kappa shape index (κ3) is 3.42. The molecule has 0 radical (unpaired) electrons. The highest BCUT2D eigenvalue weighted by atomic mass is 32.2. The second-order valence-corrected chi connectivity index (χ2v) is 6.86. The fourth-order valence-electron chi connectivity index (χ4n) is 2.22. The Morgan fingerprint density at radius 1 is 1.00 bits per heavy atom. The van der Waals surface area contributed by atoms with Crippen LogP contribution in [0, 0.1) is 34.6 Å². The molecular formula is C14H21NO5S. The van der Waals surface area contributed by atoms with Crippen molar-refractivity contribution in [3.63, 3.8) is 0 Å². The molecule has 21 heavy (non-hydrogen) atoms.